The van der Waals surface area contributed by atoms with Gasteiger partial charge < -0.3 is 9.68 Å². The molecule has 13 heavy (non-hydrogen) atoms. The van der Waals surface area contributed by atoms with Crippen LogP contribution in [-0.4, -0.2) is 12.7 Å². The van der Waals surface area contributed by atoms with Gasteiger partial charge in [-0.15, -0.1) is 11.3 Å². The molecule has 2 rings (SSSR count). The van der Waals surface area contributed by atoms with Crippen molar-refractivity contribution in [2.24, 2.45) is 0 Å². The smallest absolute Gasteiger partial charge is 0.530 e. The molecule has 1 aromatic heterocycles. The van der Waals surface area contributed by atoms with Gasteiger partial charge in [0.15, 0.2) is 5.06 Å². The molecule has 4 heteroatoms. The lowest BCUT2D eigenvalue weighted by Gasteiger charge is -1.91. The highest BCUT2D eigenvalue weighted by Gasteiger charge is 2.02. The van der Waals surface area contributed by atoms with Crippen LogP contribution in [0.25, 0.3) is 10.1 Å². The molecule has 0 spiro atoms. The van der Waals surface area contributed by atoms with E-state index in [1.807, 2.05) is 12.1 Å². The third-order valence-electron chi connectivity index (χ3n) is 1.82. The first-order valence-electron chi connectivity index (χ1n) is 3.92. The zero-order chi connectivity index (χ0) is 9.26. The number of hydrogen-bond donors (Lipinski definition) is 1. The Hall–Kier alpha value is -0.995. The maximum Gasteiger partial charge on any atom is 0.569 e. The van der Waals surface area contributed by atoms with E-state index in [9.17, 15) is 0 Å². The second-order valence-corrected chi connectivity index (χ2v) is 3.88. The summed E-state index contributed by atoms with van der Waals surface area (Å²) in [6.45, 7) is 2.05. The first-order chi connectivity index (χ1) is 6.29. The van der Waals surface area contributed by atoms with Crippen molar-refractivity contribution in [1.82, 2.24) is 0 Å². The van der Waals surface area contributed by atoms with Gasteiger partial charge in [-0.25, -0.2) is 0 Å². The lowest BCUT2D eigenvalue weighted by Crippen LogP contribution is -1.97. The maximum atomic E-state index is 8.46. The van der Waals surface area contributed by atoms with Crippen molar-refractivity contribution in [2.75, 3.05) is 0 Å². The molecule has 1 heterocycles. The quantitative estimate of drug-likeness (QED) is 0.736. The van der Waals surface area contributed by atoms with Crippen molar-refractivity contribution in [1.29, 1.82) is 0 Å². The molecule has 0 unspecified atom stereocenters. The zero-order valence-corrected chi connectivity index (χ0v) is 7.97. The van der Waals surface area contributed by atoms with Gasteiger partial charge in [0, 0.05) is 4.70 Å². The minimum absolute atomic E-state index is 0.706. The van der Waals surface area contributed by atoms with E-state index < -0.39 is 0 Å². The number of fused-ring (bicyclic) bond motifs is 1. The van der Waals surface area contributed by atoms with E-state index in [0.717, 1.165) is 5.39 Å². The summed E-state index contributed by atoms with van der Waals surface area (Å²) in [6, 6.07) is 8.11. The van der Waals surface area contributed by atoms with Crippen molar-refractivity contribution < 1.29 is 9.68 Å². The molecule has 65 valence electrons. The highest BCUT2D eigenvalue weighted by molar-refractivity contribution is 7.20. The largest absolute Gasteiger partial charge is 0.569 e. The first-order valence-corrected chi connectivity index (χ1v) is 4.74. The predicted molar refractivity (Wildman–Crippen MR) is 55.2 cm³/mol. The molecule has 0 fully saturated rings. The molecular weight excluding hydrogens is 183 g/mol. The number of hydrogen-bond acceptors (Lipinski definition) is 3. The summed E-state index contributed by atoms with van der Waals surface area (Å²) in [6.07, 6.45) is 0. The topological polar surface area (TPSA) is 29.5 Å². The second kappa shape index (κ2) is 3.40. The molecule has 0 aliphatic carbocycles. The molecule has 0 bridgehead atoms. The Morgan fingerprint density at radius 1 is 1.38 bits per heavy atom. The van der Waals surface area contributed by atoms with E-state index in [4.69, 9.17) is 9.68 Å². The van der Waals surface area contributed by atoms with Crippen LogP contribution in [0.3, 0.4) is 0 Å². The number of benzene rings is 1. The first kappa shape index (κ1) is 8.60. The molecule has 1 aromatic carbocycles. The SMILES string of the molecule is Cc1ccc2cc(O[B]O)sc2c1. The molecule has 0 saturated carbocycles. The fraction of sp³-hybridized carbons (Fsp3) is 0.111. The Labute approximate surface area is 81.1 Å². The average molecular weight is 191 g/mol. The van der Waals surface area contributed by atoms with E-state index in [1.165, 1.54) is 21.6 Å². The molecule has 0 saturated heterocycles. The van der Waals surface area contributed by atoms with Crippen LogP contribution in [0, 0.1) is 6.92 Å². The predicted octanol–water partition coefficient (Wildman–Crippen LogP) is 2.12. The molecule has 0 atom stereocenters. The van der Waals surface area contributed by atoms with E-state index in [2.05, 4.69) is 19.1 Å². The van der Waals surface area contributed by atoms with Crippen LogP contribution in [0.15, 0.2) is 24.3 Å². The Morgan fingerprint density at radius 2 is 2.23 bits per heavy atom. The van der Waals surface area contributed by atoms with Gasteiger partial charge in [0.2, 0.25) is 0 Å². The summed E-state index contributed by atoms with van der Waals surface area (Å²) < 4.78 is 6.06. The highest BCUT2D eigenvalue weighted by atomic mass is 32.1. The maximum absolute atomic E-state index is 8.46. The van der Waals surface area contributed by atoms with Crippen molar-refractivity contribution in [3.8, 4) is 5.06 Å². The molecule has 0 aliphatic heterocycles. The molecule has 1 radical (unpaired) electrons. The van der Waals surface area contributed by atoms with E-state index >= 15 is 0 Å². The summed E-state index contributed by atoms with van der Waals surface area (Å²) in [4.78, 5) is 0. The molecule has 2 nitrogen and oxygen atoms in total. The standard InChI is InChI=1S/C9H8BO2S/c1-6-2-3-7-5-9(12-10-11)13-8(7)4-6/h2-5,11H,1H3. The van der Waals surface area contributed by atoms with E-state index in [0.29, 0.717) is 12.7 Å². The summed E-state index contributed by atoms with van der Waals surface area (Å²) >= 11 is 1.52. The average Bonchev–Trinajstić information content (AvgIpc) is 2.46. The highest BCUT2D eigenvalue weighted by Crippen LogP contribution is 2.31. The third-order valence-corrected chi connectivity index (χ3v) is 2.81. The van der Waals surface area contributed by atoms with Crippen LogP contribution in [0.1, 0.15) is 5.56 Å². The summed E-state index contributed by atoms with van der Waals surface area (Å²) in [5.74, 6) is 0. The van der Waals surface area contributed by atoms with Crippen molar-refractivity contribution in [3.05, 3.63) is 29.8 Å². The molecule has 0 amide bonds. The fourth-order valence-corrected chi connectivity index (χ4v) is 2.21. The Kier molecular flexibility index (Phi) is 2.25. The van der Waals surface area contributed by atoms with Gasteiger partial charge in [-0.05, 0) is 30.0 Å². The number of rotatable bonds is 2. The van der Waals surface area contributed by atoms with Gasteiger partial charge in [-0.2, -0.15) is 0 Å². The minimum atomic E-state index is 0.706. The lowest BCUT2D eigenvalue weighted by molar-refractivity contribution is 0.461. The van der Waals surface area contributed by atoms with Gasteiger partial charge in [0.1, 0.15) is 0 Å². The molecule has 0 aliphatic rings. The second-order valence-electron chi connectivity index (χ2n) is 2.83. The molecular formula is C9H8BO2S. The Balaban J connectivity index is 2.49. The van der Waals surface area contributed by atoms with Gasteiger partial charge >= 0.3 is 7.69 Å². The number of thiophene rings is 1. The monoisotopic (exact) mass is 191 g/mol. The summed E-state index contributed by atoms with van der Waals surface area (Å²) in [5, 5.41) is 10.3. The van der Waals surface area contributed by atoms with Gasteiger partial charge in [-0.3, -0.25) is 0 Å². The normalized spacial score (nSPS) is 10.3. The Bertz CT molecular complexity index is 424. The van der Waals surface area contributed by atoms with Gasteiger partial charge in [-0.1, -0.05) is 12.1 Å². The fourth-order valence-electron chi connectivity index (χ4n) is 1.22. The Morgan fingerprint density at radius 3 is 3.00 bits per heavy atom. The van der Waals surface area contributed by atoms with Crippen LogP contribution in [0.2, 0.25) is 0 Å². The van der Waals surface area contributed by atoms with Crippen LogP contribution in [-0.2, 0) is 0 Å². The van der Waals surface area contributed by atoms with Crippen LogP contribution in [0.4, 0.5) is 0 Å². The third kappa shape index (κ3) is 1.69. The summed E-state index contributed by atoms with van der Waals surface area (Å²) in [5.41, 5.74) is 1.23. The lowest BCUT2D eigenvalue weighted by atomic mass is 10.2. The minimum Gasteiger partial charge on any atom is -0.530 e. The zero-order valence-electron chi connectivity index (χ0n) is 7.15. The van der Waals surface area contributed by atoms with Crippen LogP contribution in [0.5, 0.6) is 5.06 Å². The van der Waals surface area contributed by atoms with E-state index in [-0.39, 0.29) is 0 Å². The van der Waals surface area contributed by atoms with Crippen molar-refractivity contribution in [3.63, 3.8) is 0 Å². The van der Waals surface area contributed by atoms with Crippen LogP contribution >= 0.6 is 11.3 Å². The van der Waals surface area contributed by atoms with Gasteiger partial charge in [0.05, 0.1) is 0 Å². The van der Waals surface area contributed by atoms with Crippen molar-refractivity contribution >= 4 is 29.1 Å². The van der Waals surface area contributed by atoms with Gasteiger partial charge in [0.25, 0.3) is 0 Å². The van der Waals surface area contributed by atoms with Crippen LogP contribution < -0.4 is 4.65 Å². The van der Waals surface area contributed by atoms with E-state index in [1.54, 1.807) is 0 Å². The van der Waals surface area contributed by atoms with Crippen molar-refractivity contribution in [2.45, 2.75) is 6.92 Å². The molecule has 2 aromatic rings. The molecule has 1 N–H and O–H groups in total. The summed E-state index contributed by atoms with van der Waals surface area (Å²) in [7, 11) is 0.706. The number of aryl methyl sites for hydroxylation is 1.